The average molecular weight is 895 g/mol. The molecule has 8 rings (SSSR count). The van der Waals surface area contributed by atoms with Crippen LogP contribution in [0.4, 0.5) is 4.79 Å². The number of amides is 3. The lowest BCUT2D eigenvalue weighted by Crippen LogP contribution is -2.42. The molecule has 0 radical (unpaired) electrons. The van der Waals surface area contributed by atoms with Crippen LogP contribution in [0, 0.1) is 0 Å². The topological polar surface area (TPSA) is 167 Å². The maximum absolute atomic E-state index is 13.9. The monoisotopic (exact) mass is 894 g/mol. The molecule has 0 aliphatic carbocycles. The van der Waals surface area contributed by atoms with Crippen molar-refractivity contribution in [2.75, 3.05) is 27.3 Å². The maximum Gasteiger partial charge on any atom is 0.407 e. The van der Waals surface area contributed by atoms with E-state index in [1.165, 1.54) is 14.2 Å². The van der Waals surface area contributed by atoms with Crippen LogP contribution in [0.15, 0.2) is 108 Å². The molecule has 3 N–H and O–H groups in total. The number of methoxy groups -OCH3 is 1. The van der Waals surface area contributed by atoms with Gasteiger partial charge in [-0.15, -0.1) is 0 Å². The Morgan fingerprint density at radius 2 is 1.35 bits per heavy atom. The molecule has 0 spiro atoms. The van der Waals surface area contributed by atoms with Gasteiger partial charge in [0.05, 0.1) is 48.4 Å². The fraction of sp³-hybridized carbons (Fsp3) is 0.319. The fourth-order valence-electron chi connectivity index (χ4n) is 8.12. The Labute approximate surface area is 382 Å². The minimum atomic E-state index is -0.878. The molecule has 0 saturated carbocycles. The number of benzene rings is 4. The summed E-state index contributed by atoms with van der Waals surface area (Å²) in [6.45, 7) is 1.16. The molecule has 2 fully saturated rings. The van der Waals surface area contributed by atoms with Crippen molar-refractivity contribution in [1.82, 2.24) is 35.1 Å². The normalized spacial score (nSPS) is 16.8. The van der Waals surface area contributed by atoms with Crippen molar-refractivity contribution in [3.63, 3.8) is 0 Å². The number of aromatic nitrogens is 4. The van der Waals surface area contributed by atoms with Crippen LogP contribution >= 0.6 is 27.0 Å². The van der Waals surface area contributed by atoms with Gasteiger partial charge in [-0.05, 0) is 78.6 Å². The molecule has 16 heteroatoms. The number of H-pyrrole nitrogens is 2. The van der Waals surface area contributed by atoms with Crippen LogP contribution in [-0.2, 0) is 30.5 Å². The van der Waals surface area contributed by atoms with Gasteiger partial charge in [0.2, 0.25) is 6.40 Å². The quantitative estimate of drug-likeness (QED) is 0.0447. The number of hydrogen-bond donors (Lipinski definition) is 3. The summed E-state index contributed by atoms with van der Waals surface area (Å²) < 4.78 is 4.84. The molecule has 0 unspecified atom stereocenters. The summed E-state index contributed by atoms with van der Waals surface area (Å²) in [6, 6.07) is 28.8. The van der Waals surface area contributed by atoms with Gasteiger partial charge in [-0.1, -0.05) is 99.8 Å². The zero-order valence-electron chi connectivity index (χ0n) is 33.9. The second-order valence-corrected chi connectivity index (χ2v) is 14.7. The number of rotatable bonds is 13. The van der Waals surface area contributed by atoms with Crippen LogP contribution in [0.2, 0.25) is 0 Å². The minimum absolute atomic E-state index is 0. The molecule has 4 heterocycles. The molecule has 0 bridgehead atoms. The van der Waals surface area contributed by atoms with E-state index in [1.807, 2.05) is 83.8 Å². The minimum Gasteiger partial charge on any atom is -0.453 e. The van der Waals surface area contributed by atoms with Gasteiger partial charge in [-0.3, -0.25) is 9.59 Å². The number of carbonyl (C=O) groups excluding carboxylic acids is 3. The van der Waals surface area contributed by atoms with Crippen LogP contribution in [0.1, 0.15) is 98.6 Å². The van der Waals surface area contributed by atoms with Gasteiger partial charge in [-0.25, -0.2) is 19.8 Å². The molecule has 4 aromatic carbocycles. The first-order valence-electron chi connectivity index (χ1n) is 19.8. The molecule has 6 aromatic rings. The third-order valence-electron chi connectivity index (χ3n) is 11.0. The van der Waals surface area contributed by atoms with E-state index in [1.54, 1.807) is 4.90 Å². The smallest absolute Gasteiger partial charge is 0.407 e. The van der Waals surface area contributed by atoms with Crippen molar-refractivity contribution >= 4 is 79.4 Å². The van der Waals surface area contributed by atoms with Crippen molar-refractivity contribution in [3.8, 4) is 0 Å². The van der Waals surface area contributed by atoms with Crippen molar-refractivity contribution in [2.45, 2.75) is 71.1 Å². The Balaban J connectivity index is 0.00000218. The van der Waals surface area contributed by atoms with Crippen LogP contribution in [0.25, 0.3) is 28.1 Å². The van der Waals surface area contributed by atoms with E-state index in [2.05, 4.69) is 55.5 Å². The predicted molar refractivity (Wildman–Crippen MR) is 257 cm³/mol. The number of alkyl carbamates (subject to hydrolysis) is 1. The van der Waals surface area contributed by atoms with Crippen LogP contribution in [0.3, 0.4) is 0 Å². The Kier molecular flexibility index (Phi) is 18.0. The van der Waals surface area contributed by atoms with Crippen molar-refractivity contribution < 1.29 is 28.9 Å². The lowest BCUT2D eigenvalue weighted by Gasteiger charge is -2.28. The molecule has 2 aliphatic rings. The number of fused-ring (bicyclic) bond motifs is 2. The van der Waals surface area contributed by atoms with Gasteiger partial charge in [-0.2, -0.15) is 31.9 Å². The zero-order chi connectivity index (χ0) is 40.7. The summed E-state index contributed by atoms with van der Waals surface area (Å²) in [5.74, 6) is 1.15. The van der Waals surface area contributed by atoms with Gasteiger partial charge < -0.3 is 34.7 Å². The first-order chi connectivity index (χ1) is 28.9. The maximum atomic E-state index is 13.9. The van der Waals surface area contributed by atoms with Gasteiger partial charge >= 0.3 is 6.09 Å². The fourth-order valence-corrected chi connectivity index (χ4v) is 8.12. The van der Waals surface area contributed by atoms with E-state index in [-0.39, 0.29) is 65.7 Å². The zero-order valence-corrected chi connectivity index (χ0v) is 35.9. The Bertz CT molecular complexity index is 2500. The number of hydrogen-bond acceptors (Lipinski definition) is 9. The summed E-state index contributed by atoms with van der Waals surface area (Å²) in [5.41, 5.74) is 7.04. The van der Waals surface area contributed by atoms with Crippen LogP contribution in [0.5, 0.6) is 0 Å². The van der Waals surface area contributed by atoms with E-state index in [4.69, 9.17) is 19.6 Å². The first kappa shape index (κ1) is 49.6. The van der Waals surface area contributed by atoms with Gasteiger partial charge in [0, 0.05) is 13.1 Å². The highest BCUT2D eigenvalue weighted by molar-refractivity contribution is 7.59. The number of nitrogens with one attached hydrogen (secondary N) is 3. The number of allylic oxidation sites excluding steroid dienone is 1. The average Bonchev–Trinajstić information content (AvgIpc) is 4.10. The summed E-state index contributed by atoms with van der Waals surface area (Å²) in [6.07, 6.45) is 8.64. The number of imidazole rings is 2. The molecule has 3 amide bonds. The molecule has 2 aromatic heterocycles. The summed E-state index contributed by atoms with van der Waals surface area (Å²) in [7, 11) is 2.67. The second-order valence-electron chi connectivity index (χ2n) is 14.7. The third kappa shape index (κ3) is 11.1. The number of aromatic amines is 2. The largest absolute Gasteiger partial charge is 0.453 e. The summed E-state index contributed by atoms with van der Waals surface area (Å²) in [5, 5.41) is 2.72. The molecule has 4 atom stereocenters. The van der Waals surface area contributed by atoms with Crippen LogP contribution < -0.4 is 5.32 Å². The lowest BCUT2D eigenvalue weighted by atomic mass is 10.1. The van der Waals surface area contributed by atoms with E-state index < -0.39 is 18.2 Å². The molecule has 14 nitrogen and oxygen atoms in total. The molecule has 334 valence electrons. The number of aliphatic imine (C=N–C) groups is 1. The number of nitrogens with zero attached hydrogens (tertiary/aromatic N) is 5. The molecule has 63 heavy (non-hydrogen) atoms. The molecular weight excluding hydrogens is 837 g/mol. The number of ether oxygens (including phenoxy) is 1. The first-order valence-corrected chi connectivity index (χ1v) is 19.8. The van der Waals surface area contributed by atoms with E-state index in [0.29, 0.717) is 25.1 Å². The van der Waals surface area contributed by atoms with E-state index in [0.717, 1.165) is 82.5 Å². The van der Waals surface area contributed by atoms with Gasteiger partial charge in [0.25, 0.3) is 11.8 Å². The van der Waals surface area contributed by atoms with Crippen molar-refractivity contribution in [2.24, 2.45) is 4.99 Å². The third-order valence-corrected chi connectivity index (χ3v) is 11.0. The Morgan fingerprint density at radius 3 is 1.95 bits per heavy atom. The highest BCUT2D eigenvalue weighted by Crippen LogP contribution is 2.36. The van der Waals surface area contributed by atoms with Gasteiger partial charge in [0.15, 0.2) is 6.04 Å². The van der Waals surface area contributed by atoms with Crippen molar-refractivity contribution in [1.29, 1.82) is 0 Å². The standard InChI is InChI=1S/C45H46N8O6.2CH4.2H2S/c1-57-45(56)51-40(32-16-7-4-8-17-32)44(55)53-25-11-19-38(53)42-48-34-23-21-30(27-36(34)50-42)13-9-12-29-20-22-33-35(26-29)49-41(47-33)37-18-10-24-52(37)43(54)39(46-28-59-58-2)31-14-5-3-6-15-31;;;;/h3-9,13-17,20-23,26-28,37-40H,10-12,18-19,24-25H2,1-2H3,(H,47,49)(H,48,50)(H,51,56);2*1H4;2*1H2/t37-,38-,39-,40+;;;;/m0..../s1. The van der Waals surface area contributed by atoms with Crippen LogP contribution in [-0.4, -0.2) is 81.4 Å². The number of carbonyl (C=O) groups is 3. The second kappa shape index (κ2) is 22.8. The molecular formula is C47H58N8O6S2. The van der Waals surface area contributed by atoms with E-state index in [9.17, 15) is 14.4 Å². The highest BCUT2D eigenvalue weighted by atomic mass is 32.1. The predicted octanol–water partition coefficient (Wildman–Crippen LogP) is 8.96. The highest BCUT2D eigenvalue weighted by Gasteiger charge is 2.38. The molecule has 2 saturated heterocycles. The van der Waals surface area contributed by atoms with Crippen molar-refractivity contribution in [3.05, 3.63) is 137 Å². The SMILES string of the molecule is C.C.COOC=N[C@H](C(=O)N1CCC[C@H]1c1nc2ccc(CC=Cc3ccc4nc([C@@H]5CCCN5C(=O)[C@H](NC(=O)OC)c5ccccc5)[nH]c4c3)cc2[nH]1)c1ccccc1.S.S. The lowest BCUT2D eigenvalue weighted by molar-refractivity contribution is -0.188. The Morgan fingerprint density at radius 1 is 0.778 bits per heavy atom. The summed E-state index contributed by atoms with van der Waals surface area (Å²) in [4.78, 5) is 74.5. The molecule has 2 aliphatic heterocycles. The van der Waals surface area contributed by atoms with Gasteiger partial charge in [0.1, 0.15) is 17.7 Å². The number of likely N-dealkylation sites (tertiary alicyclic amines) is 2. The summed E-state index contributed by atoms with van der Waals surface area (Å²) >= 11 is 0. The van der Waals surface area contributed by atoms with E-state index >= 15 is 0 Å². The Hall–Kier alpha value is -6.10.